The molecule has 1 N–H and O–H groups in total. The number of nitrogens with one attached hydrogen (secondary N) is 1. The number of hydrogen-bond donors (Lipinski definition) is 1. The Balaban J connectivity index is 1.31. The van der Waals surface area contributed by atoms with Crippen molar-refractivity contribution in [2.75, 3.05) is 77.4 Å². The van der Waals surface area contributed by atoms with Gasteiger partial charge in [-0.15, -0.1) is 0 Å². The number of rotatable bonds is 5. The van der Waals surface area contributed by atoms with Gasteiger partial charge in [-0.05, 0) is 45.9 Å². The summed E-state index contributed by atoms with van der Waals surface area (Å²) in [4.78, 5) is 30.0. The second-order valence-corrected chi connectivity index (χ2v) is 9.30. The minimum Gasteiger partial charge on any atom is -0.444 e. The van der Waals surface area contributed by atoms with Crippen LogP contribution in [0.15, 0.2) is 29.4 Å². The SMILES string of the molecule is CN=C(NCCCN1CCN(C(=O)OC(C)(C)C)CC1)N1CCN(c2ccccn2)CC1. The van der Waals surface area contributed by atoms with E-state index in [1.165, 1.54) is 0 Å². The van der Waals surface area contributed by atoms with Crippen LogP contribution in [0.25, 0.3) is 0 Å². The quantitative estimate of drug-likeness (QED) is 0.420. The molecule has 0 atom stereocenters. The monoisotopic (exact) mass is 445 g/mol. The third kappa shape index (κ3) is 7.25. The molecule has 1 aromatic rings. The third-order valence-electron chi connectivity index (χ3n) is 5.72. The second-order valence-electron chi connectivity index (χ2n) is 9.30. The van der Waals surface area contributed by atoms with E-state index < -0.39 is 5.60 Å². The highest BCUT2D eigenvalue weighted by atomic mass is 16.6. The summed E-state index contributed by atoms with van der Waals surface area (Å²) < 4.78 is 5.47. The molecule has 0 spiro atoms. The lowest BCUT2D eigenvalue weighted by Crippen LogP contribution is -2.53. The molecule has 3 rings (SSSR count). The fourth-order valence-electron chi connectivity index (χ4n) is 4.00. The van der Waals surface area contributed by atoms with Crippen molar-refractivity contribution in [3.63, 3.8) is 0 Å². The number of piperazine rings is 2. The number of ether oxygens (including phenoxy) is 1. The Bertz CT molecular complexity index is 734. The van der Waals surface area contributed by atoms with E-state index in [9.17, 15) is 4.79 Å². The molecule has 0 unspecified atom stereocenters. The Kier molecular flexibility index (Phi) is 8.55. The van der Waals surface area contributed by atoms with E-state index in [2.05, 4.69) is 36.1 Å². The van der Waals surface area contributed by atoms with Crippen molar-refractivity contribution in [3.05, 3.63) is 24.4 Å². The van der Waals surface area contributed by atoms with Crippen LogP contribution in [-0.2, 0) is 4.74 Å². The molecule has 2 aliphatic rings. The number of guanidine groups is 1. The van der Waals surface area contributed by atoms with Gasteiger partial charge in [0.25, 0.3) is 0 Å². The van der Waals surface area contributed by atoms with Gasteiger partial charge in [0.1, 0.15) is 11.4 Å². The number of pyridine rings is 1. The van der Waals surface area contributed by atoms with E-state index in [1.54, 1.807) is 0 Å². The molecule has 0 saturated carbocycles. The predicted molar refractivity (Wildman–Crippen MR) is 128 cm³/mol. The zero-order valence-electron chi connectivity index (χ0n) is 20.1. The van der Waals surface area contributed by atoms with Gasteiger partial charge in [-0.2, -0.15) is 0 Å². The van der Waals surface area contributed by atoms with Crippen LogP contribution in [0.1, 0.15) is 27.2 Å². The van der Waals surface area contributed by atoms with Crippen LogP contribution in [-0.4, -0.2) is 110 Å². The first-order valence-corrected chi connectivity index (χ1v) is 11.7. The molecule has 178 valence electrons. The zero-order chi connectivity index (χ0) is 23.0. The summed E-state index contributed by atoms with van der Waals surface area (Å²) in [6.45, 7) is 14.6. The maximum atomic E-state index is 12.2. The van der Waals surface area contributed by atoms with Crippen molar-refractivity contribution in [2.45, 2.75) is 32.8 Å². The maximum absolute atomic E-state index is 12.2. The second kappa shape index (κ2) is 11.4. The highest BCUT2D eigenvalue weighted by molar-refractivity contribution is 5.80. The lowest BCUT2D eigenvalue weighted by atomic mass is 10.2. The number of nitrogens with zero attached hydrogens (tertiary/aromatic N) is 6. The molecule has 0 aliphatic carbocycles. The summed E-state index contributed by atoms with van der Waals surface area (Å²) in [7, 11) is 1.85. The Labute approximate surface area is 192 Å². The van der Waals surface area contributed by atoms with Gasteiger partial charge in [0.15, 0.2) is 5.96 Å². The highest BCUT2D eigenvalue weighted by Gasteiger charge is 2.25. The summed E-state index contributed by atoms with van der Waals surface area (Å²) in [6.07, 6.45) is 2.68. The van der Waals surface area contributed by atoms with Crippen molar-refractivity contribution >= 4 is 17.9 Å². The van der Waals surface area contributed by atoms with Crippen molar-refractivity contribution in [1.29, 1.82) is 0 Å². The Morgan fingerprint density at radius 1 is 1.06 bits per heavy atom. The van der Waals surface area contributed by atoms with Gasteiger partial charge in [0, 0.05) is 72.1 Å². The summed E-state index contributed by atoms with van der Waals surface area (Å²) in [5.41, 5.74) is -0.441. The normalized spacial score (nSPS) is 18.6. The topological polar surface area (TPSA) is 76.5 Å². The molecule has 9 heteroatoms. The number of aromatic nitrogens is 1. The fraction of sp³-hybridized carbons (Fsp3) is 0.696. The summed E-state index contributed by atoms with van der Waals surface area (Å²) in [5.74, 6) is 2.02. The van der Waals surface area contributed by atoms with Gasteiger partial charge in [0.05, 0.1) is 0 Å². The fourth-order valence-corrected chi connectivity index (χ4v) is 4.00. The lowest BCUT2D eigenvalue weighted by Gasteiger charge is -2.37. The summed E-state index contributed by atoms with van der Waals surface area (Å²) in [5, 5.41) is 3.52. The molecule has 2 fully saturated rings. The third-order valence-corrected chi connectivity index (χ3v) is 5.72. The summed E-state index contributed by atoms with van der Waals surface area (Å²) >= 11 is 0. The number of anilines is 1. The van der Waals surface area contributed by atoms with Crippen LogP contribution in [0.2, 0.25) is 0 Å². The van der Waals surface area contributed by atoms with E-state index >= 15 is 0 Å². The van der Waals surface area contributed by atoms with E-state index in [0.717, 1.165) is 83.6 Å². The Morgan fingerprint density at radius 3 is 2.34 bits per heavy atom. The van der Waals surface area contributed by atoms with Gasteiger partial charge in [-0.1, -0.05) is 6.07 Å². The van der Waals surface area contributed by atoms with Crippen molar-refractivity contribution < 1.29 is 9.53 Å². The van der Waals surface area contributed by atoms with Crippen LogP contribution in [0.5, 0.6) is 0 Å². The van der Waals surface area contributed by atoms with Gasteiger partial charge < -0.3 is 24.8 Å². The van der Waals surface area contributed by atoms with Crippen molar-refractivity contribution in [3.8, 4) is 0 Å². The van der Waals surface area contributed by atoms with E-state index in [4.69, 9.17) is 4.74 Å². The first kappa shape index (κ1) is 24.1. The van der Waals surface area contributed by atoms with Crippen molar-refractivity contribution in [1.82, 2.24) is 25.0 Å². The Hall–Kier alpha value is -2.55. The lowest BCUT2D eigenvalue weighted by molar-refractivity contribution is 0.0145. The number of amides is 1. The molecule has 2 saturated heterocycles. The predicted octanol–water partition coefficient (Wildman–Crippen LogP) is 1.72. The number of hydrogen-bond acceptors (Lipinski definition) is 6. The standard InChI is InChI=1S/C23H39N7O2/c1-23(2,3)32-22(31)30-14-12-27(13-15-30)11-7-10-26-21(24-4)29-18-16-28(17-19-29)20-8-5-6-9-25-20/h5-6,8-9H,7,10-19H2,1-4H3,(H,24,26). The van der Waals surface area contributed by atoms with Crippen LogP contribution < -0.4 is 10.2 Å². The molecule has 1 aromatic heterocycles. The van der Waals surface area contributed by atoms with E-state index in [-0.39, 0.29) is 6.09 Å². The minimum absolute atomic E-state index is 0.203. The smallest absolute Gasteiger partial charge is 0.410 e. The molecule has 0 aromatic carbocycles. The van der Waals surface area contributed by atoms with E-state index in [1.807, 2.05) is 51.0 Å². The Morgan fingerprint density at radius 2 is 1.75 bits per heavy atom. The number of carbonyl (C=O) groups excluding carboxylic acids is 1. The zero-order valence-corrected chi connectivity index (χ0v) is 20.1. The first-order valence-electron chi connectivity index (χ1n) is 11.7. The van der Waals surface area contributed by atoms with Gasteiger partial charge >= 0.3 is 6.09 Å². The van der Waals surface area contributed by atoms with E-state index in [0.29, 0.717) is 0 Å². The van der Waals surface area contributed by atoms with Gasteiger partial charge in [0.2, 0.25) is 0 Å². The molecule has 9 nitrogen and oxygen atoms in total. The highest BCUT2D eigenvalue weighted by Crippen LogP contribution is 2.13. The average molecular weight is 446 g/mol. The van der Waals surface area contributed by atoms with Gasteiger partial charge in [-0.3, -0.25) is 9.89 Å². The molecule has 3 heterocycles. The van der Waals surface area contributed by atoms with Crippen LogP contribution in [0, 0.1) is 0 Å². The molecule has 1 amide bonds. The first-order chi connectivity index (χ1) is 15.4. The van der Waals surface area contributed by atoms with Crippen LogP contribution in [0.4, 0.5) is 10.6 Å². The molecule has 2 aliphatic heterocycles. The van der Waals surface area contributed by atoms with Crippen LogP contribution >= 0.6 is 0 Å². The molecular weight excluding hydrogens is 406 g/mol. The van der Waals surface area contributed by atoms with Crippen LogP contribution in [0.3, 0.4) is 0 Å². The largest absolute Gasteiger partial charge is 0.444 e. The average Bonchev–Trinajstić information content (AvgIpc) is 2.79. The van der Waals surface area contributed by atoms with Gasteiger partial charge in [-0.25, -0.2) is 9.78 Å². The maximum Gasteiger partial charge on any atom is 0.410 e. The van der Waals surface area contributed by atoms with Crippen molar-refractivity contribution in [2.24, 2.45) is 4.99 Å². The molecule has 32 heavy (non-hydrogen) atoms. The number of aliphatic imine (C=N–C) groups is 1. The molecule has 0 radical (unpaired) electrons. The minimum atomic E-state index is -0.441. The molecular formula is C23H39N7O2. The summed E-state index contributed by atoms with van der Waals surface area (Å²) in [6, 6.07) is 6.05. The molecule has 0 bridgehead atoms. The number of carbonyl (C=O) groups is 1.